The third-order valence-electron chi connectivity index (χ3n) is 4.65. The number of Topliss-reactive ketones (excluding diaryl/α,β-unsaturated/α-hetero) is 1. The van der Waals surface area contributed by atoms with Gasteiger partial charge in [-0.1, -0.05) is 42.5 Å². The fraction of sp³-hybridized carbons (Fsp3) is 0.391. The number of carbonyl (C=O) groups excluding carboxylic acids is 2. The van der Waals surface area contributed by atoms with Crippen molar-refractivity contribution in [2.24, 2.45) is 0 Å². The molecule has 162 valence electrons. The second kappa shape index (κ2) is 11.5. The Morgan fingerprint density at radius 3 is 2.40 bits per heavy atom. The topological polar surface area (TPSA) is 72.9 Å². The number of hydrogen-bond donors (Lipinski definition) is 0. The van der Waals surface area contributed by atoms with E-state index < -0.39 is 23.0 Å². The lowest BCUT2D eigenvalue weighted by molar-refractivity contribution is -0.129. The zero-order valence-corrected chi connectivity index (χ0v) is 18.7. The molecule has 0 aromatic heterocycles. The normalized spacial score (nSPS) is 16.0. The molecular weight excluding hydrogens is 402 g/mol. The average Bonchev–Trinajstić information content (AvgIpc) is 2.71. The Morgan fingerprint density at radius 1 is 1.10 bits per heavy atom. The van der Waals surface area contributed by atoms with E-state index in [4.69, 9.17) is 9.47 Å². The zero-order chi connectivity index (χ0) is 22.1. The lowest BCUT2D eigenvalue weighted by atomic mass is 10.1. The van der Waals surface area contributed by atoms with Crippen molar-refractivity contribution in [1.82, 2.24) is 4.90 Å². The van der Waals surface area contributed by atoms with E-state index in [0.29, 0.717) is 13.0 Å². The van der Waals surface area contributed by atoms with Crippen LogP contribution in [0.15, 0.2) is 48.5 Å². The smallest absolute Gasteiger partial charge is 0.410 e. The van der Waals surface area contributed by atoms with Crippen molar-refractivity contribution in [1.29, 1.82) is 0 Å². The van der Waals surface area contributed by atoms with Gasteiger partial charge in [-0.2, -0.15) is 0 Å². The highest BCUT2D eigenvalue weighted by Crippen LogP contribution is 2.24. The Labute approximate surface area is 180 Å². The minimum atomic E-state index is -0.611. The number of aryl methyl sites for hydroxylation is 1. The Morgan fingerprint density at radius 2 is 1.77 bits per heavy atom. The molecule has 0 spiro atoms. The van der Waals surface area contributed by atoms with E-state index in [9.17, 15) is 13.8 Å². The first-order valence-corrected chi connectivity index (χ1v) is 11.7. The van der Waals surface area contributed by atoms with Gasteiger partial charge in [-0.25, -0.2) is 4.79 Å². The molecule has 1 atom stereocenters. The highest BCUT2D eigenvalue weighted by atomic mass is 32.2. The molecule has 1 aliphatic rings. The van der Waals surface area contributed by atoms with E-state index in [1.165, 1.54) is 4.90 Å². The van der Waals surface area contributed by atoms with Crippen molar-refractivity contribution in [3.63, 3.8) is 0 Å². The number of ketones is 1. The van der Waals surface area contributed by atoms with Crippen LogP contribution in [0.2, 0.25) is 0 Å². The molecule has 2 aromatic rings. The summed E-state index contributed by atoms with van der Waals surface area (Å²) in [6.07, 6.45) is 2.76. The fourth-order valence-electron chi connectivity index (χ4n) is 2.90. The molecule has 3 rings (SSSR count). The summed E-state index contributed by atoms with van der Waals surface area (Å²) in [7, 11) is -0.611. The molecular formula is C23H29NO5S. The van der Waals surface area contributed by atoms with Gasteiger partial charge in [0, 0.05) is 36.3 Å². The van der Waals surface area contributed by atoms with Crippen LogP contribution >= 0.6 is 0 Å². The zero-order valence-electron chi connectivity index (χ0n) is 17.9. The molecule has 0 saturated carbocycles. The molecule has 1 amide bonds. The number of nitrogens with zero attached hydrogens (tertiary/aromatic N) is 1. The number of carbonyl (C=O) groups is 2. The molecule has 1 heterocycles. The predicted octanol–water partition coefficient (Wildman–Crippen LogP) is 3.66. The van der Waals surface area contributed by atoms with Gasteiger partial charge in [0.05, 0.1) is 6.54 Å². The maximum Gasteiger partial charge on any atom is 0.410 e. The van der Waals surface area contributed by atoms with Crippen molar-refractivity contribution in [2.45, 2.75) is 33.0 Å². The molecule has 1 aliphatic heterocycles. The van der Waals surface area contributed by atoms with Gasteiger partial charge >= 0.3 is 6.09 Å². The van der Waals surface area contributed by atoms with Crippen LogP contribution in [0.25, 0.3) is 0 Å². The highest BCUT2D eigenvalue weighted by molar-refractivity contribution is 7.83. The van der Waals surface area contributed by atoms with Crippen LogP contribution in [0.3, 0.4) is 0 Å². The molecule has 1 fully saturated rings. The largest absolute Gasteiger partial charge is 0.482 e. The molecule has 6 nitrogen and oxygen atoms in total. The van der Waals surface area contributed by atoms with Crippen molar-refractivity contribution < 1.29 is 23.3 Å². The number of piperidine rings is 1. The van der Waals surface area contributed by atoms with Gasteiger partial charge in [0.15, 0.2) is 11.9 Å². The summed E-state index contributed by atoms with van der Waals surface area (Å²) in [6, 6.07) is 15.3. The van der Waals surface area contributed by atoms with E-state index in [-0.39, 0.29) is 18.9 Å². The lowest BCUT2D eigenvalue weighted by Gasteiger charge is -2.30. The first-order valence-electron chi connectivity index (χ1n) is 9.74. The third-order valence-corrected chi connectivity index (χ3v) is 4.65. The highest BCUT2D eigenvalue weighted by Gasteiger charge is 2.32. The Balaban J connectivity index is 0.000000735. The number of rotatable bonds is 4. The predicted molar refractivity (Wildman–Crippen MR) is 118 cm³/mol. The van der Waals surface area contributed by atoms with Gasteiger partial charge in [0.2, 0.25) is 0 Å². The van der Waals surface area contributed by atoms with Crippen molar-refractivity contribution in [3.05, 3.63) is 65.2 Å². The molecule has 0 bridgehead atoms. The van der Waals surface area contributed by atoms with E-state index in [2.05, 4.69) is 0 Å². The van der Waals surface area contributed by atoms with Crippen LogP contribution in [-0.4, -0.2) is 52.7 Å². The van der Waals surface area contributed by atoms with Crippen LogP contribution in [0.1, 0.15) is 23.1 Å². The SMILES string of the molecule is CS(C)=O.Cc1cccc(OC2CCN(C(=O)OCc3ccccc3)CC2=O)c1C. The second-order valence-corrected chi connectivity index (χ2v) is 8.75. The molecule has 1 saturated heterocycles. The molecule has 0 radical (unpaired) electrons. The van der Waals surface area contributed by atoms with Crippen LogP contribution in [-0.2, 0) is 26.9 Å². The quantitative estimate of drug-likeness (QED) is 0.739. The summed E-state index contributed by atoms with van der Waals surface area (Å²) in [5.74, 6) is 0.622. The van der Waals surface area contributed by atoms with Gasteiger partial charge in [0.1, 0.15) is 12.4 Å². The number of hydrogen-bond acceptors (Lipinski definition) is 5. The Kier molecular flexibility index (Phi) is 9.05. The van der Waals surface area contributed by atoms with E-state index >= 15 is 0 Å². The molecule has 0 N–H and O–H groups in total. The van der Waals surface area contributed by atoms with Gasteiger partial charge < -0.3 is 14.4 Å². The first kappa shape index (κ1) is 23.6. The Bertz CT molecular complexity index is 880. The summed E-state index contributed by atoms with van der Waals surface area (Å²) in [4.78, 5) is 26.0. The Hall–Kier alpha value is -2.67. The summed E-state index contributed by atoms with van der Waals surface area (Å²) in [6.45, 7) is 4.64. The molecule has 1 unspecified atom stereocenters. The monoisotopic (exact) mass is 431 g/mol. The average molecular weight is 432 g/mol. The molecule has 2 aromatic carbocycles. The number of benzene rings is 2. The van der Waals surface area contributed by atoms with Gasteiger partial charge in [-0.15, -0.1) is 0 Å². The maximum absolute atomic E-state index is 12.4. The summed E-state index contributed by atoms with van der Waals surface area (Å²) < 4.78 is 20.8. The maximum atomic E-state index is 12.4. The minimum Gasteiger partial charge on any atom is -0.482 e. The summed E-state index contributed by atoms with van der Waals surface area (Å²) in [5.41, 5.74) is 3.07. The van der Waals surface area contributed by atoms with E-state index in [1.54, 1.807) is 12.5 Å². The van der Waals surface area contributed by atoms with E-state index in [0.717, 1.165) is 22.4 Å². The van der Waals surface area contributed by atoms with Gasteiger partial charge in [-0.05, 0) is 36.6 Å². The minimum absolute atomic E-state index is 0.0170. The molecule has 0 aliphatic carbocycles. The van der Waals surface area contributed by atoms with Crippen LogP contribution in [0.4, 0.5) is 4.79 Å². The number of amides is 1. The second-order valence-electron chi connectivity index (χ2n) is 7.26. The standard InChI is InChI=1S/C21H23NO4.C2H6OS/c1-15-7-6-10-19(16(15)2)26-20-11-12-22(13-18(20)23)21(24)25-14-17-8-4-3-5-9-17;1-4(2)3/h3-10,20H,11-14H2,1-2H3;1-2H3. The van der Waals surface area contributed by atoms with Crippen LogP contribution in [0, 0.1) is 13.8 Å². The third kappa shape index (κ3) is 7.30. The van der Waals surface area contributed by atoms with E-state index in [1.807, 2.05) is 62.4 Å². The van der Waals surface area contributed by atoms with Gasteiger partial charge in [-0.3, -0.25) is 9.00 Å². The van der Waals surface area contributed by atoms with Crippen LogP contribution < -0.4 is 4.74 Å². The molecule has 7 heteroatoms. The van der Waals surface area contributed by atoms with Crippen molar-refractivity contribution in [3.8, 4) is 5.75 Å². The van der Waals surface area contributed by atoms with Gasteiger partial charge in [0.25, 0.3) is 0 Å². The summed E-state index contributed by atoms with van der Waals surface area (Å²) >= 11 is 0. The fourth-order valence-corrected chi connectivity index (χ4v) is 2.90. The van der Waals surface area contributed by atoms with Crippen molar-refractivity contribution >= 4 is 22.7 Å². The number of likely N-dealkylation sites (tertiary alicyclic amines) is 1. The first-order chi connectivity index (χ1) is 14.3. The van der Waals surface area contributed by atoms with Crippen molar-refractivity contribution in [2.75, 3.05) is 25.6 Å². The van der Waals surface area contributed by atoms with Crippen LogP contribution in [0.5, 0.6) is 5.75 Å². The summed E-state index contributed by atoms with van der Waals surface area (Å²) in [5, 5.41) is 0. The number of ether oxygens (including phenoxy) is 2. The lowest BCUT2D eigenvalue weighted by Crippen LogP contribution is -2.48. The molecule has 30 heavy (non-hydrogen) atoms.